The summed E-state index contributed by atoms with van der Waals surface area (Å²) in [5.41, 5.74) is 5.28. The molecule has 0 amide bonds. The molecule has 2 aromatic carbocycles. The van der Waals surface area contributed by atoms with Crippen LogP contribution in [0.4, 0.5) is 5.95 Å². The van der Waals surface area contributed by atoms with Gasteiger partial charge in [-0.25, -0.2) is 15.0 Å². The molecule has 0 radical (unpaired) electrons. The maximum atomic E-state index is 4.62. The first-order valence-electron chi connectivity index (χ1n) is 7.96. The van der Waals surface area contributed by atoms with Gasteiger partial charge in [0.2, 0.25) is 5.95 Å². The zero-order valence-corrected chi connectivity index (χ0v) is 13.9. The predicted octanol–water partition coefficient (Wildman–Crippen LogP) is 3.50. The fourth-order valence-electron chi connectivity index (χ4n) is 2.76. The minimum Gasteiger partial charge on any atom is -0.356 e. The number of hydrogen-bond donors (Lipinski definition) is 1. The third kappa shape index (κ3) is 2.78. The molecule has 0 bridgehead atoms. The smallest absolute Gasteiger partial charge is 0.243 e. The zero-order valence-electron chi connectivity index (χ0n) is 13.9. The number of hydrogen-bond acceptors (Lipinski definition) is 6. The quantitative estimate of drug-likeness (QED) is 0.620. The summed E-state index contributed by atoms with van der Waals surface area (Å²) in [6.45, 7) is 1.97. The van der Waals surface area contributed by atoms with Gasteiger partial charge in [0.15, 0.2) is 0 Å². The molecular formula is C19H16N6. The summed E-state index contributed by atoms with van der Waals surface area (Å²) >= 11 is 0. The van der Waals surface area contributed by atoms with E-state index in [4.69, 9.17) is 0 Å². The molecule has 0 fully saturated rings. The van der Waals surface area contributed by atoms with Crippen molar-refractivity contribution >= 4 is 16.9 Å². The molecule has 25 heavy (non-hydrogen) atoms. The highest BCUT2D eigenvalue weighted by atomic mass is 15.2. The molecule has 1 N–H and O–H groups in total. The molecule has 0 saturated carbocycles. The highest BCUT2D eigenvalue weighted by Gasteiger charge is 2.14. The second kappa shape index (κ2) is 6.24. The van der Waals surface area contributed by atoms with E-state index in [-0.39, 0.29) is 0 Å². The van der Waals surface area contributed by atoms with E-state index in [0.29, 0.717) is 5.95 Å². The van der Waals surface area contributed by atoms with Gasteiger partial charge in [-0.2, -0.15) is 0 Å². The molecule has 0 aliphatic heterocycles. The molecular weight excluding hydrogens is 312 g/mol. The van der Waals surface area contributed by atoms with Gasteiger partial charge in [0.05, 0.1) is 5.52 Å². The van der Waals surface area contributed by atoms with E-state index in [9.17, 15) is 0 Å². The van der Waals surface area contributed by atoms with Crippen molar-refractivity contribution in [2.45, 2.75) is 6.92 Å². The van der Waals surface area contributed by atoms with E-state index in [1.807, 2.05) is 55.5 Å². The normalized spacial score (nSPS) is 10.8. The van der Waals surface area contributed by atoms with Crippen molar-refractivity contribution < 1.29 is 0 Å². The van der Waals surface area contributed by atoms with Gasteiger partial charge < -0.3 is 5.32 Å². The number of aryl methyl sites for hydroxylation is 1. The molecule has 2 aromatic heterocycles. The van der Waals surface area contributed by atoms with Crippen LogP contribution in [-0.2, 0) is 0 Å². The largest absolute Gasteiger partial charge is 0.356 e. The van der Waals surface area contributed by atoms with Gasteiger partial charge in [0.25, 0.3) is 0 Å². The number of rotatable bonds is 3. The Hall–Kier alpha value is -3.41. The summed E-state index contributed by atoms with van der Waals surface area (Å²) in [6, 6.07) is 16.0. The van der Waals surface area contributed by atoms with E-state index >= 15 is 0 Å². The topological polar surface area (TPSA) is 76.5 Å². The average molecular weight is 328 g/mol. The Kier molecular flexibility index (Phi) is 3.78. The van der Waals surface area contributed by atoms with Crippen LogP contribution in [0.3, 0.4) is 0 Å². The van der Waals surface area contributed by atoms with Gasteiger partial charge in [-0.3, -0.25) is 0 Å². The number of nitrogens with zero attached hydrogens (tertiary/aromatic N) is 5. The lowest BCUT2D eigenvalue weighted by atomic mass is 10.0. The Labute approximate surface area is 145 Å². The molecule has 0 aliphatic rings. The second-order valence-electron chi connectivity index (χ2n) is 5.64. The van der Waals surface area contributed by atoms with Crippen molar-refractivity contribution in [3.05, 3.63) is 60.6 Å². The van der Waals surface area contributed by atoms with Crippen LogP contribution in [0.15, 0.2) is 54.9 Å². The lowest BCUT2D eigenvalue weighted by molar-refractivity contribution is 0.984. The van der Waals surface area contributed by atoms with Crippen LogP contribution in [-0.4, -0.2) is 32.2 Å². The Bertz CT molecular complexity index is 1050. The molecule has 4 rings (SSSR count). The van der Waals surface area contributed by atoms with E-state index in [1.54, 1.807) is 13.4 Å². The zero-order chi connectivity index (χ0) is 17.2. The second-order valence-corrected chi connectivity index (χ2v) is 5.64. The van der Waals surface area contributed by atoms with E-state index < -0.39 is 0 Å². The molecule has 4 aromatic rings. The summed E-state index contributed by atoms with van der Waals surface area (Å²) in [4.78, 5) is 13.2. The SMILES string of the molecule is CNc1nnc(-c2ccc3ncnc(C)c3c2)c(-c2ccccc2)n1. The van der Waals surface area contributed by atoms with E-state index in [0.717, 1.165) is 39.1 Å². The molecule has 6 nitrogen and oxygen atoms in total. The van der Waals surface area contributed by atoms with Crippen LogP contribution in [0, 0.1) is 6.92 Å². The maximum Gasteiger partial charge on any atom is 0.243 e. The predicted molar refractivity (Wildman–Crippen MR) is 98.1 cm³/mol. The van der Waals surface area contributed by atoms with E-state index in [1.165, 1.54) is 0 Å². The average Bonchev–Trinajstić information content (AvgIpc) is 2.68. The number of benzene rings is 2. The van der Waals surface area contributed by atoms with Gasteiger partial charge in [-0.05, 0) is 19.1 Å². The first kappa shape index (κ1) is 15.1. The highest BCUT2D eigenvalue weighted by molar-refractivity contribution is 5.88. The fourth-order valence-corrected chi connectivity index (χ4v) is 2.76. The van der Waals surface area contributed by atoms with Crippen molar-refractivity contribution in [3.63, 3.8) is 0 Å². The van der Waals surface area contributed by atoms with Gasteiger partial charge in [-0.1, -0.05) is 36.4 Å². The highest BCUT2D eigenvalue weighted by Crippen LogP contribution is 2.30. The van der Waals surface area contributed by atoms with Crippen LogP contribution in [0.5, 0.6) is 0 Å². The molecule has 6 heteroatoms. The number of aromatic nitrogens is 5. The minimum atomic E-state index is 0.489. The number of anilines is 1. The molecule has 0 aliphatic carbocycles. The molecule has 122 valence electrons. The lowest BCUT2D eigenvalue weighted by Crippen LogP contribution is -2.03. The van der Waals surface area contributed by atoms with Crippen molar-refractivity contribution in [2.75, 3.05) is 12.4 Å². The van der Waals surface area contributed by atoms with Crippen molar-refractivity contribution in [2.24, 2.45) is 0 Å². The number of fused-ring (bicyclic) bond motifs is 1. The van der Waals surface area contributed by atoms with Crippen molar-refractivity contribution in [1.82, 2.24) is 25.1 Å². The fraction of sp³-hybridized carbons (Fsp3) is 0.105. The molecule has 0 saturated heterocycles. The Morgan fingerprint density at radius 1 is 0.840 bits per heavy atom. The summed E-state index contributed by atoms with van der Waals surface area (Å²) in [5, 5.41) is 12.5. The maximum absolute atomic E-state index is 4.62. The summed E-state index contributed by atoms with van der Waals surface area (Å²) in [6.07, 6.45) is 1.58. The summed E-state index contributed by atoms with van der Waals surface area (Å²) in [7, 11) is 1.78. The minimum absolute atomic E-state index is 0.489. The van der Waals surface area contributed by atoms with E-state index in [2.05, 4.69) is 30.5 Å². The van der Waals surface area contributed by atoms with Crippen LogP contribution in [0.1, 0.15) is 5.69 Å². The third-order valence-corrected chi connectivity index (χ3v) is 4.07. The standard InChI is InChI=1S/C19H16N6/c1-12-15-10-14(8-9-16(15)22-11-21-12)18-17(13-6-4-3-5-7-13)23-19(20-2)25-24-18/h3-11H,1-2H3,(H,20,23,25). The van der Waals surface area contributed by atoms with Gasteiger partial charge >= 0.3 is 0 Å². The van der Waals surface area contributed by atoms with Gasteiger partial charge in [-0.15, -0.1) is 10.2 Å². The Balaban J connectivity index is 1.95. The van der Waals surface area contributed by atoms with Crippen LogP contribution in [0.25, 0.3) is 33.4 Å². The van der Waals surface area contributed by atoms with Gasteiger partial charge in [0, 0.05) is 29.3 Å². The first-order chi connectivity index (χ1) is 12.3. The van der Waals surface area contributed by atoms with Crippen LogP contribution < -0.4 is 5.32 Å². The van der Waals surface area contributed by atoms with Crippen molar-refractivity contribution in [3.8, 4) is 22.5 Å². The summed E-state index contributed by atoms with van der Waals surface area (Å²) in [5.74, 6) is 0.489. The third-order valence-electron chi connectivity index (χ3n) is 4.07. The molecule has 0 spiro atoms. The Morgan fingerprint density at radius 3 is 2.48 bits per heavy atom. The number of nitrogens with one attached hydrogen (secondary N) is 1. The van der Waals surface area contributed by atoms with Crippen LogP contribution >= 0.6 is 0 Å². The summed E-state index contributed by atoms with van der Waals surface area (Å²) < 4.78 is 0. The molecule has 0 unspecified atom stereocenters. The Morgan fingerprint density at radius 2 is 1.68 bits per heavy atom. The van der Waals surface area contributed by atoms with Gasteiger partial charge in [0.1, 0.15) is 17.7 Å². The first-order valence-corrected chi connectivity index (χ1v) is 7.96. The van der Waals surface area contributed by atoms with Crippen molar-refractivity contribution in [1.29, 1.82) is 0 Å². The molecule has 0 atom stereocenters. The molecule has 2 heterocycles. The van der Waals surface area contributed by atoms with Crippen LogP contribution in [0.2, 0.25) is 0 Å². The lowest BCUT2D eigenvalue weighted by Gasteiger charge is -2.10. The monoisotopic (exact) mass is 328 g/mol.